The van der Waals surface area contributed by atoms with E-state index in [-0.39, 0.29) is 12.3 Å². The molecule has 0 spiro atoms. The van der Waals surface area contributed by atoms with E-state index in [2.05, 4.69) is 26.9 Å². The molecular weight excluding hydrogens is 333 g/mol. The second-order valence-corrected chi connectivity index (χ2v) is 6.38. The molecule has 25 heavy (non-hydrogen) atoms. The van der Waals surface area contributed by atoms with E-state index < -0.39 is 12.6 Å². The van der Waals surface area contributed by atoms with Crippen LogP contribution in [-0.4, -0.2) is 39.3 Å². The van der Waals surface area contributed by atoms with Crippen LogP contribution in [0.3, 0.4) is 0 Å². The van der Waals surface area contributed by atoms with E-state index >= 15 is 0 Å². The third-order valence-corrected chi connectivity index (χ3v) is 4.39. The second-order valence-electron chi connectivity index (χ2n) is 6.38. The van der Waals surface area contributed by atoms with E-state index in [1.807, 2.05) is 13.1 Å². The van der Waals surface area contributed by atoms with Gasteiger partial charge >= 0.3 is 6.18 Å². The summed E-state index contributed by atoms with van der Waals surface area (Å²) in [7, 11) is 0. The molecular formula is C17H21F3N4O. The van der Waals surface area contributed by atoms with Crippen LogP contribution in [0.4, 0.5) is 13.2 Å². The molecule has 0 aromatic carbocycles. The number of aromatic nitrogens is 3. The second kappa shape index (κ2) is 7.11. The summed E-state index contributed by atoms with van der Waals surface area (Å²) in [5.74, 6) is 0.343. The molecule has 3 heterocycles. The zero-order chi connectivity index (χ0) is 18.0. The average molecular weight is 354 g/mol. The number of fused-ring (bicyclic) bond motifs is 1. The number of hydrogen-bond acceptors (Lipinski definition) is 5. The first kappa shape index (κ1) is 17.8. The lowest BCUT2D eigenvalue weighted by atomic mass is 9.94. The van der Waals surface area contributed by atoms with Crippen molar-refractivity contribution in [3.05, 3.63) is 28.9 Å². The molecule has 2 aromatic heterocycles. The van der Waals surface area contributed by atoms with E-state index in [1.165, 1.54) is 0 Å². The molecule has 8 heteroatoms. The maximum Gasteiger partial charge on any atom is 0.389 e. The molecule has 0 saturated carbocycles. The fourth-order valence-corrected chi connectivity index (χ4v) is 3.22. The van der Waals surface area contributed by atoms with Crippen molar-refractivity contribution in [2.75, 3.05) is 13.1 Å². The molecule has 0 fully saturated rings. The van der Waals surface area contributed by atoms with Gasteiger partial charge in [-0.1, -0.05) is 12.1 Å². The minimum Gasteiger partial charge on any atom is -0.339 e. The van der Waals surface area contributed by atoms with Crippen LogP contribution in [0.15, 0.2) is 10.7 Å². The van der Waals surface area contributed by atoms with Crippen molar-refractivity contribution in [2.45, 2.75) is 52.3 Å². The Morgan fingerprint density at radius 1 is 1.32 bits per heavy atom. The molecule has 0 atom stereocenters. The van der Waals surface area contributed by atoms with E-state index in [0.717, 1.165) is 54.9 Å². The number of pyridine rings is 1. The van der Waals surface area contributed by atoms with Crippen molar-refractivity contribution in [3.8, 4) is 11.4 Å². The Labute approximate surface area is 144 Å². The topological polar surface area (TPSA) is 55.1 Å². The number of nitrogens with zero attached hydrogens (tertiary/aromatic N) is 4. The Balaban J connectivity index is 1.86. The van der Waals surface area contributed by atoms with Crippen LogP contribution in [0.5, 0.6) is 0 Å². The highest BCUT2D eigenvalue weighted by Gasteiger charge is 2.29. The van der Waals surface area contributed by atoms with Gasteiger partial charge in [-0.3, -0.25) is 9.88 Å². The van der Waals surface area contributed by atoms with Crippen molar-refractivity contribution in [2.24, 2.45) is 0 Å². The number of halogens is 3. The molecule has 0 unspecified atom stereocenters. The largest absolute Gasteiger partial charge is 0.389 e. The standard InChI is InChI=1S/C17H21F3N4O/c1-3-7-24-8-5-13-12(10-24)9-21-11(2)15(13)16-22-14(25-23-16)4-6-17(18,19)20/h9H,3-8,10H2,1-2H3. The molecule has 0 radical (unpaired) electrons. The summed E-state index contributed by atoms with van der Waals surface area (Å²) in [6.07, 6.45) is -1.69. The highest BCUT2D eigenvalue weighted by atomic mass is 19.4. The van der Waals surface area contributed by atoms with Crippen LogP contribution in [-0.2, 0) is 19.4 Å². The Morgan fingerprint density at radius 3 is 2.84 bits per heavy atom. The third-order valence-electron chi connectivity index (χ3n) is 4.39. The number of hydrogen-bond donors (Lipinski definition) is 0. The molecule has 0 aliphatic carbocycles. The van der Waals surface area contributed by atoms with Crippen LogP contribution < -0.4 is 0 Å². The Morgan fingerprint density at radius 2 is 2.12 bits per heavy atom. The SMILES string of the molecule is CCCN1CCc2c(cnc(C)c2-c2noc(CCC(F)(F)F)n2)C1. The van der Waals surface area contributed by atoms with Gasteiger partial charge in [-0.2, -0.15) is 18.2 Å². The van der Waals surface area contributed by atoms with Gasteiger partial charge in [0.2, 0.25) is 11.7 Å². The first-order chi connectivity index (χ1) is 11.9. The molecule has 136 valence electrons. The molecule has 0 saturated heterocycles. The third kappa shape index (κ3) is 4.18. The van der Waals surface area contributed by atoms with E-state index in [4.69, 9.17) is 4.52 Å². The molecule has 0 bridgehead atoms. The minimum absolute atomic E-state index is 0.00717. The maximum absolute atomic E-state index is 12.4. The lowest BCUT2D eigenvalue weighted by Gasteiger charge is -2.29. The van der Waals surface area contributed by atoms with Gasteiger partial charge in [-0.25, -0.2) is 0 Å². The fourth-order valence-electron chi connectivity index (χ4n) is 3.22. The Hall–Kier alpha value is -1.96. The summed E-state index contributed by atoms with van der Waals surface area (Å²) >= 11 is 0. The zero-order valence-corrected chi connectivity index (χ0v) is 14.4. The van der Waals surface area contributed by atoms with Gasteiger partial charge < -0.3 is 4.52 Å². The van der Waals surface area contributed by atoms with E-state index in [1.54, 1.807) is 0 Å². The quantitative estimate of drug-likeness (QED) is 0.819. The van der Waals surface area contributed by atoms with E-state index in [0.29, 0.717) is 5.82 Å². The highest BCUT2D eigenvalue weighted by molar-refractivity contribution is 5.64. The van der Waals surface area contributed by atoms with Crippen LogP contribution in [0.2, 0.25) is 0 Å². The molecule has 5 nitrogen and oxygen atoms in total. The van der Waals surface area contributed by atoms with Gasteiger partial charge in [0, 0.05) is 37.0 Å². The summed E-state index contributed by atoms with van der Waals surface area (Å²) in [5.41, 5.74) is 3.83. The lowest BCUT2D eigenvalue weighted by molar-refractivity contribution is -0.134. The number of rotatable bonds is 5. The van der Waals surface area contributed by atoms with Gasteiger partial charge in [0.15, 0.2) is 0 Å². The smallest absolute Gasteiger partial charge is 0.339 e. The van der Waals surface area contributed by atoms with Crippen LogP contribution in [0.25, 0.3) is 11.4 Å². The van der Waals surface area contributed by atoms with Crippen LogP contribution >= 0.6 is 0 Å². The van der Waals surface area contributed by atoms with Gasteiger partial charge in [0.05, 0.1) is 6.42 Å². The maximum atomic E-state index is 12.4. The molecule has 3 rings (SSSR count). The molecule has 0 amide bonds. The van der Waals surface area contributed by atoms with Crippen molar-refractivity contribution >= 4 is 0 Å². The summed E-state index contributed by atoms with van der Waals surface area (Å²) in [6, 6.07) is 0. The molecule has 0 N–H and O–H groups in total. The van der Waals surface area contributed by atoms with Crippen molar-refractivity contribution in [1.82, 2.24) is 20.0 Å². The van der Waals surface area contributed by atoms with Gasteiger partial charge in [-0.05, 0) is 37.4 Å². The minimum atomic E-state index is -4.24. The molecule has 1 aliphatic rings. The normalized spacial score (nSPS) is 15.4. The highest BCUT2D eigenvalue weighted by Crippen LogP contribution is 2.31. The van der Waals surface area contributed by atoms with Crippen LogP contribution in [0, 0.1) is 6.92 Å². The van der Waals surface area contributed by atoms with Gasteiger partial charge in [0.25, 0.3) is 0 Å². The Kier molecular flexibility index (Phi) is 5.08. The van der Waals surface area contributed by atoms with Crippen LogP contribution in [0.1, 0.15) is 42.5 Å². The predicted octanol–water partition coefficient (Wildman–Crippen LogP) is 3.70. The summed E-state index contributed by atoms with van der Waals surface area (Å²) in [6.45, 7) is 6.81. The predicted molar refractivity (Wildman–Crippen MR) is 85.9 cm³/mol. The Bertz CT molecular complexity index is 742. The lowest BCUT2D eigenvalue weighted by Crippen LogP contribution is -2.31. The van der Waals surface area contributed by atoms with Crippen molar-refractivity contribution in [1.29, 1.82) is 0 Å². The monoisotopic (exact) mass is 354 g/mol. The molecule has 1 aliphatic heterocycles. The first-order valence-corrected chi connectivity index (χ1v) is 8.46. The number of aryl methyl sites for hydroxylation is 2. The summed E-state index contributed by atoms with van der Waals surface area (Å²) in [4.78, 5) is 11.0. The summed E-state index contributed by atoms with van der Waals surface area (Å²) < 4.78 is 42.1. The van der Waals surface area contributed by atoms with E-state index in [9.17, 15) is 13.2 Å². The summed E-state index contributed by atoms with van der Waals surface area (Å²) in [5, 5.41) is 3.90. The van der Waals surface area contributed by atoms with Gasteiger partial charge in [-0.15, -0.1) is 0 Å². The van der Waals surface area contributed by atoms with Crippen molar-refractivity contribution in [3.63, 3.8) is 0 Å². The number of alkyl halides is 3. The first-order valence-electron chi connectivity index (χ1n) is 8.46. The van der Waals surface area contributed by atoms with Crippen molar-refractivity contribution < 1.29 is 17.7 Å². The molecule has 2 aromatic rings. The average Bonchev–Trinajstić information content (AvgIpc) is 3.01. The zero-order valence-electron chi connectivity index (χ0n) is 14.4. The van der Waals surface area contributed by atoms with Gasteiger partial charge in [0.1, 0.15) is 0 Å². The fraction of sp³-hybridized carbons (Fsp3) is 0.588.